The van der Waals surface area contributed by atoms with Gasteiger partial charge in [-0.25, -0.2) is 0 Å². The van der Waals surface area contributed by atoms with E-state index < -0.39 is 0 Å². The van der Waals surface area contributed by atoms with Crippen molar-refractivity contribution in [1.29, 1.82) is 0 Å². The Bertz CT molecular complexity index is 341. The van der Waals surface area contributed by atoms with Crippen molar-refractivity contribution >= 4 is 5.91 Å². The molecule has 1 aromatic rings. The first kappa shape index (κ1) is 12.7. The molecule has 16 heavy (non-hydrogen) atoms. The third kappa shape index (κ3) is 4.03. The summed E-state index contributed by atoms with van der Waals surface area (Å²) < 4.78 is 0. The summed E-state index contributed by atoms with van der Waals surface area (Å²) in [5.74, 6) is 0.0221. The van der Waals surface area contributed by atoms with Gasteiger partial charge in [-0.15, -0.1) is 0 Å². The molecule has 0 unspecified atom stereocenters. The average Bonchev–Trinajstić information content (AvgIpc) is 2.21. The molecule has 0 aliphatic carbocycles. The molecule has 1 amide bonds. The fourth-order valence-electron chi connectivity index (χ4n) is 1.67. The van der Waals surface area contributed by atoms with E-state index in [1.807, 2.05) is 0 Å². The maximum Gasteiger partial charge on any atom is 0.216 e. The summed E-state index contributed by atoms with van der Waals surface area (Å²) in [5.41, 5.74) is 3.98. The molecule has 2 N–H and O–H groups in total. The van der Waals surface area contributed by atoms with E-state index in [1.54, 1.807) is 0 Å². The Balaban J connectivity index is 2.34. The topological polar surface area (TPSA) is 41.1 Å². The zero-order valence-corrected chi connectivity index (χ0v) is 10.3. The maximum atomic E-state index is 10.6. The molecule has 0 heterocycles. The van der Waals surface area contributed by atoms with Gasteiger partial charge >= 0.3 is 0 Å². The maximum absolute atomic E-state index is 10.6. The third-order valence-electron chi connectivity index (χ3n) is 2.62. The fraction of sp³-hybridized carbons (Fsp3) is 0.462. The van der Waals surface area contributed by atoms with E-state index in [-0.39, 0.29) is 5.91 Å². The highest BCUT2D eigenvalue weighted by molar-refractivity contribution is 5.72. The van der Waals surface area contributed by atoms with Gasteiger partial charge in [-0.1, -0.05) is 18.2 Å². The summed E-state index contributed by atoms with van der Waals surface area (Å²) in [5, 5.41) is 6.08. The molecule has 0 aliphatic rings. The Kier molecular flexibility index (Phi) is 4.99. The highest BCUT2D eigenvalue weighted by Gasteiger charge is 2.00. The van der Waals surface area contributed by atoms with Gasteiger partial charge < -0.3 is 10.6 Å². The van der Waals surface area contributed by atoms with E-state index in [1.165, 1.54) is 23.6 Å². The lowest BCUT2D eigenvalue weighted by Crippen LogP contribution is -2.30. The Hall–Kier alpha value is -1.35. The summed E-state index contributed by atoms with van der Waals surface area (Å²) in [6.07, 6.45) is 0. The van der Waals surface area contributed by atoms with Crippen LogP contribution in [0, 0.1) is 13.8 Å². The van der Waals surface area contributed by atoms with Gasteiger partial charge in [-0.3, -0.25) is 4.79 Å². The van der Waals surface area contributed by atoms with E-state index in [4.69, 9.17) is 0 Å². The second-order valence-corrected chi connectivity index (χ2v) is 4.03. The first-order valence-corrected chi connectivity index (χ1v) is 5.61. The number of rotatable bonds is 5. The Morgan fingerprint density at radius 1 is 1.19 bits per heavy atom. The predicted molar refractivity (Wildman–Crippen MR) is 66.3 cm³/mol. The summed E-state index contributed by atoms with van der Waals surface area (Å²) >= 11 is 0. The van der Waals surface area contributed by atoms with Crippen molar-refractivity contribution in [3.05, 3.63) is 34.9 Å². The molecule has 0 saturated carbocycles. The molecule has 0 saturated heterocycles. The minimum Gasteiger partial charge on any atom is -0.355 e. The number of aryl methyl sites for hydroxylation is 2. The van der Waals surface area contributed by atoms with Crippen molar-refractivity contribution in [2.24, 2.45) is 0 Å². The minimum atomic E-state index is 0.0221. The number of carbonyl (C=O) groups is 1. The van der Waals surface area contributed by atoms with Crippen molar-refractivity contribution in [3.8, 4) is 0 Å². The molecule has 0 bridgehead atoms. The molecule has 0 atom stereocenters. The summed E-state index contributed by atoms with van der Waals surface area (Å²) in [6.45, 7) is 8.12. The van der Waals surface area contributed by atoms with Gasteiger partial charge in [0.25, 0.3) is 0 Å². The van der Waals surface area contributed by atoms with Crippen molar-refractivity contribution in [2.45, 2.75) is 27.3 Å². The van der Waals surface area contributed by atoms with E-state index in [0.29, 0.717) is 6.54 Å². The molecule has 88 valence electrons. The lowest BCUT2D eigenvalue weighted by Gasteiger charge is -2.10. The Morgan fingerprint density at radius 2 is 1.81 bits per heavy atom. The summed E-state index contributed by atoms with van der Waals surface area (Å²) in [4.78, 5) is 10.6. The van der Waals surface area contributed by atoms with Gasteiger partial charge in [0.2, 0.25) is 5.91 Å². The number of hydrogen-bond acceptors (Lipinski definition) is 2. The molecule has 1 rings (SSSR count). The quantitative estimate of drug-likeness (QED) is 0.739. The van der Waals surface area contributed by atoms with Crippen LogP contribution in [0.3, 0.4) is 0 Å². The van der Waals surface area contributed by atoms with Crippen molar-refractivity contribution in [1.82, 2.24) is 10.6 Å². The van der Waals surface area contributed by atoms with Crippen molar-refractivity contribution in [3.63, 3.8) is 0 Å². The Labute approximate surface area is 97.2 Å². The molecular weight excluding hydrogens is 200 g/mol. The van der Waals surface area contributed by atoms with E-state index in [2.05, 4.69) is 42.7 Å². The number of amides is 1. The summed E-state index contributed by atoms with van der Waals surface area (Å²) in [6, 6.07) is 6.32. The van der Waals surface area contributed by atoms with Crippen LogP contribution < -0.4 is 10.6 Å². The van der Waals surface area contributed by atoms with Gasteiger partial charge in [-0.2, -0.15) is 0 Å². The van der Waals surface area contributed by atoms with Gasteiger partial charge in [0.15, 0.2) is 0 Å². The highest BCUT2D eigenvalue weighted by Crippen LogP contribution is 2.12. The zero-order chi connectivity index (χ0) is 12.0. The lowest BCUT2D eigenvalue weighted by atomic mass is 10.0. The molecule has 0 aromatic heterocycles. The van der Waals surface area contributed by atoms with Gasteiger partial charge in [0.1, 0.15) is 0 Å². The first-order chi connectivity index (χ1) is 7.61. The molecule has 0 fully saturated rings. The zero-order valence-electron chi connectivity index (χ0n) is 10.3. The van der Waals surface area contributed by atoms with E-state index >= 15 is 0 Å². The first-order valence-electron chi connectivity index (χ1n) is 5.61. The van der Waals surface area contributed by atoms with Crippen LogP contribution in [0.25, 0.3) is 0 Å². The van der Waals surface area contributed by atoms with Crippen LogP contribution in [0.2, 0.25) is 0 Å². The Morgan fingerprint density at radius 3 is 2.38 bits per heavy atom. The monoisotopic (exact) mass is 220 g/mol. The van der Waals surface area contributed by atoms with Gasteiger partial charge in [0, 0.05) is 26.6 Å². The second-order valence-electron chi connectivity index (χ2n) is 4.03. The van der Waals surface area contributed by atoms with Crippen molar-refractivity contribution < 1.29 is 4.79 Å². The molecule has 3 heteroatoms. The van der Waals surface area contributed by atoms with E-state index in [0.717, 1.165) is 13.1 Å². The largest absolute Gasteiger partial charge is 0.355 e. The predicted octanol–water partition coefficient (Wildman–Crippen LogP) is 1.53. The number of carbonyl (C=O) groups excluding carboxylic acids is 1. The van der Waals surface area contributed by atoms with Gasteiger partial charge in [0.05, 0.1) is 0 Å². The molecular formula is C13H20N2O. The van der Waals surface area contributed by atoms with Crippen LogP contribution >= 0.6 is 0 Å². The summed E-state index contributed by atoms with van der Waals surface area (Å²) in [7, 11) is 0. The minimum absolute atomic E-state index is 0.0221. The normalized spacial score (nSPS) is 10.2. The van der Waals surface area contributed by atoms with Crippen LogP contribution in [-0.4, -0.2) is 19.0 Å². The molecule has 1 aromatic carbocycles. The second kappa shape index (κ2) is 6.28. The van der Waals surface area contributed by atoms with Gasteiger partial charge in [-0.05, 0) is 30.5 Å². The molecule has 3 nitrogen and oxygen atoms in total. The third-order valence-corrected chi connectivity index (χ3v) is 2.62. The average molecular weight is 220 g/mol. The lowest BCUT2D eigenvalue weighted by molar-refractivity contribution is -0.118. The number of hydrogen-bond donors (Lipinski definition) is 2. The van der Waals surface area contributed by atoms with Crippen LogP contribution in [0.4, 0.5) is 0 Å². The van der Waals surface area contributed by atoms with Crippen LogP contribution in [-0.2, 0) is 11.3 Å². The highest BCUT2D eigenvalue weighted by atomic mass is 16.1. The van der Waals surface area contributed by atoms with Crippen LogP contribution in [0.1, 0.15) is 23.6 Å². The van der Waals surface area contributed by atoms with Crippen LogP contribution in [0.5, 0.6) is 0 Å². The molecule has 0 aliphatic heterocycles. The van der Waals surface area contributed by atoms with E-state index in [9.17, 15) is 4.79 Å². The molecule has 0 spiro atoms. The SMILES string of the molecule is CC(=O)NCCNCc1c(C)cccc1C. The van der Waals surface area contributed by atoms with Crippen molar-refractivity contribution in [2.75, 3.05) is 13.1 Å². The number of nitrogens with one attached hydrogen (secondary N) is 2. The smallest absolute Gasteiger partial charge is 0.216 e. The molecule has 0 radical (unpaired) electrons. The van der Waals surface area contributed by atoms with Crippen LogP contribution in [0.15, 0.2) is 18.2 Å². The fourth-order valence-corrected chi connectivity index (χ4v) is 1.67. The standard InChI is InChI=1S/C13H20N2O/c1-10-5-4-6-11(2)13(10)9-14-7-8-15-12(3)16/h4-6,14H,7-9H2,1-3H3,(H,15,16). The number of benzene rings is 1.